The highest BCUT2D eigenvalue weighted by atomic mass is 79.9. The Morgan fingerprint density at radius 2 is 1.94 bits per heavy atom. The van der Waals surface area contributed by atoms with Crippen LogP contribution in [-0.4, -0.2) is 12.1 Å². The fraction of sp³-hybridized carbons (Fsp3) is 0.538. The molecule has 2 N–H and O–H groups in total. The Hall–Kier alpha value is -0.610. The Kier molecular flexibility index (Phi) is 4.55. The van der Waals surface area contributed by atoms with Gasteiger partial charge in [-0.05, 0) is 25.1 Å². The summed E-state index contributed by atoms with van der Waals surface area (Å²) in [5, 5.41) is 0. The Morgan fingerprint density at radius 1 is 1.35 bits per heavy atom. The van der Waals surface area contributed by atoms with Gasteiger partial charge in [0, 0.05) is 15.9 Å². The van der Waals surface area contributed by atoms with Crippen molar-refractivity contribution in [2.45, 2.75) is 39.8 Å². The summed E-state index contributed by atoms with van der Waals surface area (Å²) in [7, 11) is 0. The van der Waals surface area contributed by atoms with Gasteiger partial charge in [0.15, 0.2) is 11.6 Å². The van der Waals surface area contributed by atoms with E-state index in [1.165, 1.54) is 6.07 Å². The van der Waals surface area contributed by atoms with E-state index >= 15 is 0 Å². The zero-order chi connectivity index (χ0) is 13.2. The second kappa shape index (κ2) is 5.36. The third kappa shape index (κ3) is 3.96. The highest BCUT2D eigenvalue weighted by molar-refractivity contribution is 9.10. The van der Waals surface area contributed by atoms with Gasteiger partial charge in [-0.1, -0.05) is 36.7 Å². The smallest absolute Gasteiger partial charge is 0.165 e. The molecule has 0 heterocycles. The molecule has 0 amide bonds. The van der Waals surface area contributed by atoms with Crippen LogP contribution in [0.1, 0.15) is 27.7 Å². The van der Waals surface area contributed by atoms with E-state index in [1.807, 2.05) is 27.7 Å². The molecule has 4 heteroatoms. The maximum absolute atomic E-state index is 13.6. The van der Waals surface area contributed by atoms with E-state index in [0.717, 1.165) is 4.47 Å². The topological polar surface area (TPSA) is 35.2 Å². The summed E-state index contributed by atoms with van der Waals surface area (Å²) < 4.78 is 20.1. The van der Waals surface area contributed by atoms with Gasteiger partial charge in [-0.2, -0.15) is 0 Å². The van der Waals surface area contributed by atoms with Crippen molar-refractivity contribution in [3.05, 3.63) is 28.5 Å². The molecule has 1 aromatic rings. The second-order valence-electron chi connectivity index (χ2n) is 5.34. The molecule has 0 saturated heterocycles. The van der Waals surface area contributed by atoms with E-state index in [4.69, 9.17) is 10.5 Å². The molecule has 2 nitrogen and oxygen atoms in total. The predicted molar refractivity (Wildman–Crippen MR) is 71.6 cm³/mol. The van der Waals surface area contributed by atoms with Gasteiger partial charge in [0.1, 0.15) is 6.10 Å². The first-order valence-corrected chi connectivity index (χ1v) is 6.38. The van der Waals surface area contributed by atoms with Gasteiger partial charge in [0.2, 0.25) is 0 Å². The largest absolute Gasteiger partial charge is 0.485 e. The highest BCUT2D eigenvalue weighted by Crippen LogP contribution is 2.29. The summed E-state index contributed by atoms with van der Waals surface area (Å²) in [6.45, 7) is 7.94. The van der Waals surface area contributed by atoms with Crippen molar-refractivity contribution in [1.29, 1.82) is 0 Å². The van der Waals surface area contributed by atoms with Crippen molar-refractivity contribution < 1.29 is 9.13 Å². The first kappa shape index (κ1) is 14.5. The molecular weight excluding hydrogens is 285 g/mol. The molecule has 17 heavy (non-hydrogen) atoms. The molecular formula is C13H19BrFNO. The number of ether oxygens (including phenoxy) is 1. The minimum atomic E-state index is -0.372. The molecule has 1 aromatic carbocycles. The first-order valence-electron chi connectivity index (χ1n) is 5.59. The third-order valence-electron chi connectivity index (χ3n) is 2.48. The van der Waals surface area contributed by atoms with Crippen molar-refractivity contribution >= 4 is 15.9 Å². The standard InChI is InChI=1S/C13H19BrFNO/c1-8(16)12(13(2,3)4)17-11-7-9(14)5-6-10(11)15/h5-8,12H,16H2,1-4H3. The molecule has 0 saturated carbocycles. The van der Waals surface area contributed by atoms with Crippen LogP contribution < -0.4 is 10.5 Å². The second-order valence-corrected chi connectivity index (χ2v) is 6.25. The maximum Gasteiger partial charge on any atom is 0.165 e. The number of hydrogen-bond acceptors (Lipinski definition) is 2. The van der Waals surface area contributed by atoms with Crippen LogP contribution in [0.5, 0.6) is 5.75 Å². The minimum Gasteiger partial charge on any atom is -0.485 e. The average molecular weight is 304 g/mol. The lowest BCUT2D eigenvalue weighted by molar-refractivity contribution is 0.0646. The molecule has 2 unspecified atom stereocenters. The van der Waals surface area contributed by atoms with E-state index in [-0.39, 0.29) is 29.1 Å². The van der Waals surface area contributed by atoms with Crippen molar-refractivity contribution in [2.75, 3.05) is 0 Å². The van der Waals surface area contributed by atoms with E-state index in [9.17, 15) is 4.39 Å². The van der Waals surface area contributed by atoms with Gasteiger partial charge < -0.3 is 10.5 Å². The van der Waals surface area contributed by atoms with Crippen LogP contribution in [0.3, 0.4) is 0 Å². The molecule has 2 atom stereocenters. The van der Waals surface area contributed by atoms with Gasteiger partial charge in [0.25, 0.3) is 0 Å². The van der Waals surface area contributed by atoms with Crippen molar-refractivity contribution in [3.8, 4) is 5.75 Å². The van der Waals surface area contributed by atoms with E-state index in [2.05, 4.69) is 15.9 Å². The Morgan fingerprint density at radius 3 is 2.41 bits per heavy atom. The quantitative estimate of drug-likeness (QED) is 0.923. The number of nitrogens with two attached hydrogens (primary N) is 1. The van der Waals surface area contributed by atoms with Gasteiger partial charge in [0.05, 0.1) is 0 Å². The number of hydrogen-bond donors (Lipinski definition) is 1. The highest BCUT2D eigenvalue weighted by Gasteiger charge is 2.30. The lowest BCUT2D eigenvalue weighted by atomic mass is 9.85. The zero-order valence-corrected chi connectivity index (χ0v) is 12.2. The summed E-state index contributed by atoms with van der Waals surface area (Å²) in [5.74, 6) is -0.139. The van der Waals surface area contributed by atoms with Crippen LogP contribution in [0.2, 0.25) is 0 Å². The molecule has 0 spiro atoms. The molecule has 0 aliphatic heterocycles. The number of rotatable bonds is 3. The lowest BCUT2D eigenvalue weighted by Gasteiger charge is -2.34. The molecule has 0 aliphatic rings. The van der Waals surface area contributed by atoms with Gasteiger partial charge in [-0.3, -0.25) is 0 Å². The molecule has 1 rings (SSSR count). The van der Waals surface area contributed by atoms with Gasteiger partial charge in [-0.25, -0.2) is 4.39 Å². The van der Waals surface area contributed by atoms with Gasteiger partial charge >= 0.3 is 0 Å². The Balaban J connectivity index is 2.98. The monoisotopic (exact) mass is 303 g/mol. The molecule has 0 bridgehead atoms. The summed E-state index contributed by atoms with van der Waals surface area (Å²) in [6.07, 6.45) is -0.244. The van der Waals surface area contributed by atoms with Crippen molar-refractivity contribution in [1.82, 2.24) is 0 Å². The van der Waals surface area contributed by atoms with E-state index < -0.39 is 0 Å². The van der Waals surface area contributed by atoms with Crippen LogP contribution in [0, 0.1) is 11.2 Å². The summed E-state index contributed by atoms with van der Waals surface area (Å²) in [5.41, 5.74) is 5.75. The molecule has 0 aliphatic carbocycles. The summed E-state index contributed by atoms with van der Waals surface area (Å²) in [6, 6.07) is 4.46. The normalized spacial score (nSPS) is 15.5. The van der Waals surface area contributed by atoms with Crippen LogP contribution in [0.4, 0.5) is 4.39 Å². The van der Waals surface area contributed by atoms with Crippen LogP contribution in [-0.2, 0) is 0 Å². The van der Waals surface area contributed by atoms with Crippen LogP contribution in [0.25, 0.3) is 0 Å². The Bertz CT molecular complexity index is 387. The fourth-order valence-corrected chi connectivity index (χ4v) is 2.12. The zero-order valence-electron chi connectivity index (χ0n) is 10.6. The SMILES string of the molecule is CC(N)C(Oc1cc(Br)ccc1F)C(C)(C)C. The van der Waals surface area contributed by atoms with Crippen LogP contribution >= 0.6 is 15.9 Å². The Labute approximate surface area is 110 Å². The first-order chi connectivity index (χ1) is 7.71. The molecule has 0 aromatic heterocycles. The maximum atomic E-state index is 13.6. The number of benzene rings is 1. The van der Waals surface area contributed by atoms with Gasteiger partial charge in [-0.15, -0.1) is 0 Å². The predicted octanol–water partition coefficient (Wildman–Crippen LogP) is 3.73. The molecule has 0 radical (unpaired) electrons. The van der Waals surface area contributed by atoms with Crippen molar-refractivity contribution in [3.63, 3.8) is 0 Å². The van der Waals surface area contributed by atoms with Crippen LogP contribution in [0.15, 0.2) is 22.7 Å². The fourth-order valence-electron chi connectivity index (χ4n) is 1.78. The summed E-state index contributed by atoms with van der Waals surface area (Å²) >= 11 is 3.30. The number of halogens is 2. The third-order valence-corrected chi connectivity index (χ3v) is 2.97. The minimum absolute atomic E-state index is 0.150. The van der Waals surface area contributed by atoms with E-state index in [0.29, 0.717) is 0 Å². The summed E-state index contributed by atoms with van der Waals surface area (Å²) in [4.78, 5) is 0. The lowest BCUT2D eigenvalue weighted by Crippen LogP contribution is -2.45. The average Bonchev–Trinajstić information content (AvgIpc) is 2.17. The molecule has 0 fully saturated rings. The van der Waals surface area contributed by atoms with E-state index in [1.54, 1.807) is 12.1 Å². The van der Waals surface area contributed by atoms with Crippen molar-refractivity contribution in [2.24, 2.45) is 11.1 Å². The molecule has 96 valence electrons.